The van der Waals surface area contributed by atoms with E-state index in [-0.39, 0.29) is 23.0 Å². The lowest BCUT2D eigenvalue weighted by Crippen LogP contribution is -2.40. The van der Waals surface area contributed by atoms with Crippen molar-refractivity contribution in [1.82, 2.24) is 4.90 Å². The van der Waals surface area contributed by atoms with Crippen LogP contribution < -0.4 is 11.1 Å². The van der Waals surface area contributed by atoms with Crippen molar-refractivity contribution in [2.45, 2.75) is 31.6 Å². The fourth-order valence-corrected chi connectivity index (χ4v) is 3.07. The first-order chi connectivity index (χ1) is 11.0. The van der Waals surface area contributed by atoms with Gasteiger partial charge in [0.1, 0.15) is 0 Å². The van der Waals surface area contributed by atoms with Crippen LogP contribution in [-0.2, 0) is 16.1 Å². The zero-order valence-corrected chi connectivity index (χ0v) is 14.6. The highest BCUT2D eigenvalue weighted by Gasteiger charge is 2.24. The molecule has 23 heavy (non-hydrogen) atoms. The molecule has 0 spiro atoms. The number of likely N-dealkylation sites (tertiary alicyclic amines) is 1. The molecule has 1 aromatic rings. The summed E-state index contributed by atoms with van der Waals surface area (Å²) in [6.45, 7) is 4.25. The number of carbonyl (C=O) groups excluding carboxylic acids is 2. The maximum Gasteiger partial charge on any atom is 0.237 e. The van der Waals surface area contributed by atoms with E-state index in [1.54, 1.807) is 0 Å². The number of amides is 2. The molecule has 2 amide bonds. The van der Waals surface area contributed by atoms with Gasteiger partial charge in [0.15, 0.2) is 0 Å². The second-order valence-corrected chi connectivity index (χ2v) is 7.18. The van der Waals surface area contributed by atoms with Gasteiger partial charge in [-0.3, -0.25) is 14.5 Å². The third kappa shape index (κ3) is 4.97. The van der Waals surface area contributed by atoms with Crippen LogP contribution in [0.3, 0.4) is 0 Å². The fraction of sp³-hybridized carbons (Fsp3) is 0.529. The van der Waals surface area contributed by atoms with E-state index in [9.17, 15) is 9.59 Å². The molecule has 2 rings (SSSR count). The molecule has 0 aliphatic carbocycles. The third-order valence-corrected chi connectivity index (χ3v) is 5.22. The third-order valence-electron chi connectivity index (χ3n) is 4.30. The number of piperidine rings is 1. The Morgan fingerprint density at radius 2 is 2.17 bits per heavy atom. The molecule has 1 aliphatic heterocycles. The summed E-state index contributed by atoms with van der Waals surface area (Å²) in [5.41, 5.74) is 7.36. The normalized spacial score (nSPS) is 20.0. The zero-order valence-electron chi connectivity index (χ0n) is 13.7. The minimum absolute atomic E-state index is 0.0126. The van der Waals surface area contributed by atoms with Gasteiger partial charge in [0, 0.05) is 18.8 Å². The van der Waals surface area contributed by atoms with Gasteiger partial charge in [-0.1, -0.05) is 18.2 Å². The van der Waals surface area contributed by atoms with Crippen LogP contribution in [0.25, 0.3) is 0 Å². The lowest BCUT2D eigenvalue weighted by Gasteiger charge is -2.31. The molecule has 1 saturated heterocycles. The molecular weight excluding hydrogens is 310 g/mol. The summed E-state index contributed by atoms with van der Waals surface area (Å²) in [7, 11) is 0. The Hall–Kier alpha value is -1.53. The number of hydrogen-bond acceptors (Lipinski definition) is 4. The van der Waals surface area contributed by atoms with Gasteiger partial charge in [-0.25, -0.2) is 0 Å². The average Bonchev–Trinajstić information content (AvgIpc) is 2.56. The Labute approximate surface area is 142 Å². The number of rotatable bonds is 6. The minimum Gasteiger partial charge on any atom is -0.369 e. The van der Waals surface area contributed by atoms with Crippen LogP contribution in [0.2, 0.25) is 0 Å². The van der Waals surface area contributed by atoms with Gasteiger partial charge >= 0.3 is 0 Å². The molecule has 2 unspecified atom stereocenters. The highest BCUT2D eigenvalue weighted by Crippen LogP contribution is 2.22. The summed E-state index contributed by atoms with van der Waals surface area (Å²) < 4.78 is 0. The van der Waals surface area contributed by atoms with Crippen LogP contribution in [-0.4, -0.2) is 41.3 Å². The van der Waals surface area contributed by atoms with E-state index in [2.05, 4.69) is 10.2 Å². The monoisotopic (exact) mass is 335 g/mol. The van der Waals surface area contributed by atoms with E-state index >= 15 is 0 Å². The van der Waals surface area contributed by atoms with Crippen LogP contribution in [0.5, 0.6) is 0 Å². The first kappa shape index (κ1) is 17.8. The van der Waals surface area contributed by atoms with Crippen molar-refractivity contribution in [3.05, 3.63) is 29.8 Å². The maximum atomic E-state index is 12.1. The number of anilines is 1. The molecule has 3 N–H and O–H groups in total. The Morgan fingerprint density at radius 1 is 1.43 bits per heavy atom. The number of nitrogens with zero attached hydrogens (tertiary/aromatic N) is 1. The van der Waals surface area contributed by atoms with Crippen molar-refractivity contribution < 1.29 is 9.59 Å². The van der Waals surface area contributed by atoms with Crippen LogP contribution >= 0.6 is 11.8 Å². The standard InChI is InChI=1S/C17H25N3O2S/c1-12(23-2)17(22)19-15-8-4-3-6-13(15)10-20-9-5-7-14(11-20)16(18)21/h3-4,6,8,12,14H,5,7,9-11H2,1-2H3,(H2,18,21)(H,19,22). The van der Waals surface area contributed by atoms with E-state index in [0.29, 0.717) is 13.1 Å². The van der Waals surface area contributed by atoms with Crippen molar-refractivity contribution >= 4 is 29.3 Å². The van der Waals surface area contributed by atoms with Gasteiger partial charge in [-0.05, 0) is 44.2 Å². The average molecular weight is 335 g/mol. The quantitative estimate of drug-likeness (QED) is 0.834. The molecule has 2 atom stereocenters. The van der Waals surface area contributed by atoms with Crippen molar-refractivity contribution in [2.75, 3.05) is 24.7 Å². The number of carbonyl (C=O) groups is 2. The molecule has 0 saturated carbocycles. The fourth-order valence-electron chi connectivity index (χ4n) is 2.79. The Morgan fingerprint density at radius 3 is 2.87 bits per heavy atom. The van der Waals surface area contributed by atoms with E-state index in [0.717, 1.165) is 30.6 Å². The van der Waals surface area contributed by atoms with Crippen molar-refractivity contribution in [3.63, 3.8) is 0 Å². The largest absolute Gasteiger partial charge is 0.369 e. The Kier molecular flexibility index (Phi) is 6.47. The number of nitrogens with one attached hydrogen (secondary N) is 1. The predicted octanol–water partition coefficient (Wildman–Crippen LogP) is 2.07. The Balaban J connectivity index is 2.05. The van der Waals surface area contributed by atoms with E-state index in [1.807, 2.05) is 37.4 Å². The molecule has 1 aliphatic rings. The summed E-state index contributed by atoms with van der Waals surface area (Å²) in [5.74, 6) is -0.272. The first-order valence-corrected chi connectivity index (χ1v) is 9.23. The van der Waals surface area contributed by atoms with Crippen molar-refractivity contribution in [3.8, 4) is 0 Å². The smallest absolute Gasteiger partial charge is 0.237 e. The van der Waals surface area contributed by atoms with Gasteiger partial charge in [-0.15, -0.1) is 0 Å². The summed E-state index contributed by atoms with van der Waals surface area (Å²) >= 11 is 1.52. The maximum absolute atomic E-state index is 12.1. The van der Waals surface area contributed by atoms with Gasteiger partial charge in [-0.2, -0.15) is 11.8 Å². The Bertz CT molecular complexity index is 565. The second kappa shape index (κ2) is 8.36. The summed E-state index contributed by atoms with van der Waals surface area (Å²) in [6, 6.07) is 7.84. The minimum atomic E-state index is -0.218. The summed E-state index contributed by atoms with van der Waals surface area (Å²) in [5, 5.41) is 2.92. The van der Waals surface area contributed by atoms with Gasteiger partial charge < -0.3 is 11.1 Å². The lowest BCUT2D eigenvalue weighted by atomic mass is 9.97. The van der Waals surface area contributed by atoms with Crippen molar-refractivity contribution in [2.24, 2.45) is 11.7 Å². The SMILES string of the molecule is CSC(C)C(=O)Nc1ccccc1CN1CCCC(C(N)=O)C1. The molecule has 0 aromatic heterocycles. The number of para-hydroxylation sites is 1. The first-order valence-electron chi connectivity index (χ1n) is 7.94. The molecule has 0 bridgehead atoms. The molecular formula is C17H25N3O2S. The number of nitrogens with two attached hydrogens (primary N) is 1. The van der Waals surface area contributed by atoms with Gasteiger partial charge in [0.25, 0.3) is 0 Å². The molecule has 5 nitrogen and oxygen atoms in total. The molecule has 126 valence electrons. The highest BCUT2D eigenvalue weighted by atomic mass is 32.2. The van der Waals surface area contributed by atoms with E-state index < -0.39 is 0 Å². The van der Waals surface area contributed by atoms with Crippen LogP contribution in [0.1, 0.15) is 25.3 Å². The summed E-state index contributed by atoms with van der Waals surface area (Å²) in [4.78, 5) is 25.8. The van der Waals surface area contributed by atoms with Crippen LogP contribution in [0.4, 0.5) is 5.69 Å². The number of benzene rings is 1. The topological polar surface area (TPSA) is 75.4 Å². The molecule has 1 aromatic carbocycles. The zero-order chi connectivity index (χ0) is 16.8. The lowest BCUT2D eigenvalue weighted by molar-refractivity contribution is -0.123. The second-order valence-electron chi connectivity index (χ2n) is 6.00. The number of hydrogen-bond donors (Lipinski definition) is 2. The molecule has 6 heteroatoms. The van der Waals surface area contributed by atoms with Crippen molar-refractivity contribution in [1.29, 1.82) is 0 Å². The molecule has 1 fully saturated rings. The number of primary amides is 1. The van der Waals surface area contributed by atoms with E-state index in [1.165, 1.54) is 11.8 Å². The van der Waals surface area contributed by atoms with Crippen LogP contribution in [0, 0.1) is 5.92 Å². The summed E-state index contributed by atoms with van der Waals surface area (Å²) in [6.07, 6.45) is 3.77. The van der Waals surface area contributed by atoms with Gasteiger partial charge in [0.2, 0.25) is 11.8 Å². The number of thioether (sulfide) groups is 1. The molecule has 0 radical (unpaired) electrons. The van der Waals surface area contributed by atoms with Gasteiger partial charge in [0.05, 0.1) is 11.2 Å². The predicted molar refractivity (Wildman–Crippen MR) is 95.2 cm³/mol. The molecule has 1 heterocycles. The highest BCUT2D eigenvalue weighted by molar-refractivity contribution is 7.99. The van der Waals surface area contributed by atoms with E-state index in [4.69, 9.17) is 5.73 Å². The van der Waals surface area contributed by atoms with Crippen LogP contribution in [0.15, 0.2) is 24.3 Å².